The van der Waals surface area contributed by atoms with E-state index in [9.17, 15) is 61.0 Å². The second-order valence-electron chi connectivity index (χ2n) is 20.8. The van der Waals surface area contributed by atoms with Gasteiger partial charge in [-0.1, -0.05) is 46.3 Å². The fraction of sp³-hybridized carbons (Fsp3) is 0.930. The van der Waals surface area contributed by atoms with Gasteiger partial charge in [-0.3, -0.25) is 4.79 Å². The van der Waals surface area contributed by atoms with Gasteiger partial charge in [-0.05, 0) is 90.8 Å². The van der Waals surface area contributed by atoms with Crippen LogP contribution in [0.2, 0.25) is 0 Å². The second-order valence-corrected chi connectivity index (χ2v) is 20.8. The molecule has 0 amide bonds. The molecule has 344 valence electrons. The Kier molecular flexibility index (Phi) is 12.6. The summed E-state index contributed by atoms with van der Waals surface area (Å²) in [7, 11) is 1.38. The number of esters is 1. The summed E-state index contributed by atoms with van der Waals surface area (Å²) < 4.78 is 28.9. The number of allylic oxidation sites excluding steroid dienone is 2. The van der Waals surface area contributed by atoms with Gasteiger partial charge in [0.25, 0.3) is 0 Å². The van der Waals surface area contributed by atoms with Crippen molar-refractivity contribution in [2.24, 2.45) is 50.2 Å². The summed E-state index contributed by atoms with van der Waals surface area (Å²) in [6, 6.07) is 0. The minimum atomic E-state index is -1.89. The van der Waals surface area contributed by atoms with Gasteiger partial charge in [0.2, 0.25) is 0 Å². The molecule has 6 fully saturated rings. The highest BCUT2D eigenvalue weighted by molar-refractivity contribution is 5.79. The first-order valence-electron chi connectivity index (χ1n) is 21.7. The Balaban J connectivity index is 1.19. The molecule has 0 aromatic heterocycles. The lowest BCUT2D eigenvalue weighted by Crippen LogP contribution is -2.72. The van der Waals surface area contributed by atoms with E-state index in [0.717, 1.165) is 12.8 Å². The van der Waals surface area contributed by atoms with Crippen LogP contribution in [0.4, 0.5) is 0 Å². The maximum Gasteiger partial charge on any atom is 0.315 e. The molecule has 0 aromatic rings. The van der Waals surface area contributed by atoms with Gasteiger partial charge in [-0.25, -0.2) is 0 Å². The average Bonchev–Trinajstić information content (AvgIpc) is 3.20. The molecule has 5 aliphatic carbocycles. The van der Waals surface area contributed by atoms with E-state index in [1.807, 2.05) is 0 Å². The number of rotatable bonds is 9. The van der Waals surface area contributed by atoms with E-state index >= 15 is 0 Å². The van der Waals surface area contributed by atoms with Gasteiger partial charge in [0.1, 0.15) is 54.2 Å². The fourth-order valence-corrected chi connectivity index (χ4v) is 14.1. The molecule has 2 unspecified atom stereocenters. The normalized spacial score (nSPS) is 52.2. The van der Waals surface area contributed by atoms with Gasteiger partial charge in [-0.15, -0.1) is 0 Å². The predicted molar refractivity (Wildman–Crippen MR) is 208 cm³/mol. The van der Waals surface area contributed by atoms with Crippen molar-refractivity contribution in [1.29, 1.82) is 0 Å². The number of carbonyl (C=O) groups excluding carboxylic acids is 1. The van der Waals surface area contributed by atoms with Gasteiger partial charge in [0.05, 0.1) is 51.8 Å². The van der Waals surface area contributed by atoms with Gasteiger partial charge in [0.15, 0.2) is 12.6 Å². The van der Waals surface area contributed by atoms with Crippen LogP contribution in [0.25, 0.3) is 0 Å². The highest BCUT2D eigenvalue weighted by Crippen LogP contribution is 2.76. The van der Waals surface area contributed by atoms with Crippen LogP contribution in [0.1, 0.15) is 86.0 Å². The van der Waals surface area contributed by atoms with Crippen molar-refractivity contribution in [1.82, 2.24) is 0 Å². The third-order valence-corrected chi connectivity index (χ3v) is 17.6. The van der Waals surface area contributed by atoms with E-state index in [2.05, 4.69) is 40.7 Å². The summed E-state index contributed by atoms with van der Waals surface area (Å²) in [6.07, 6.45) is -14.1. The van der Waals surface area contributed by atoms with Crippen LogP contribution in [0.15, 0.2) is 11.6 Å². The number of fused-ring (bicyclic) bond motifs is 7. The van der Waals surface area contributed by atoms with Crippen molar-refractivity contribution in [2.45, 2.75) is 166 Å². The zero-order valence-corrected chi connectivity index (χ0v) is 35.7. The van der Waals surface area contributed by atoms with Crippen LogP contribution in [0.3, 0.4) is 0 Å². The van der Waals surface area contributed by atoms with Crippen molar-refractivity contribution in [3.8, 4) is 0 Å². The zero-order valence-electron chi connectivity index (χ0n) is 35.7. The molecule has 20 atom stereocenters. The number of methoxy groups -OCH3 is 1. The van der Waals surface area contributed by atoms with Crippen molar-refractivity contribution in [3.63, 3.8) is 0 Å². The van der Waals surface area contributed by atoms with Crippen molar-refractivity contribution in [2.75, 3.05) is 33.5 Å². The number of aliphatic hydroxyl groups excluding tert-OH is 11. The molecular weight excluding hydrogens is 788 g/mol. The third kappa shape index (κ3) is 6.62. The maximum atomic E-state index is 13.7. The van der Waals surface area contributed by atoms with Crippen LogP contribution in [0.5, 0.6) is 0 Å². The van der Waals surface area contributed by atoms with Crippen molar-refractivity contribution >= 4 is 5.97 Å². The molecule has 11 N–H and O–H groups in total. The van der Waals surface area contributed by atoms with E-state index in [0.29, 0.717) is 32.1 Å². The molecule has 0 bridgehead atoms. The Labute approximate surface area is 351 Å². The topological polar surface area (TPSA) is 286 Å². The van der Waals surface area contributed by atoms with E-state index in [-0.39, 0.29) is 29.6 Å². The highest BCUT2D eigenvalue weighted by atomic mass is 16.7. The molecule has 17 heteroatoms. The number of hydrogen-bond acceptors (Lipinski definition) is 17. The molecule has 17 nitrogen and oxygen atoms in total. The molecule has 2 aliphatic heterocycles. The van der Waals surface area contributed by atoms with Crippen LogP contribution in [-0.2, 0) is 28.5 Å². The molecular formula is C43H70O17. The zero-order chi connectivity index (χ0) is 44.1. The quantitative estimate of drug-likeness (QED) is 0.0742. The molecule has 4 saturated carbocycles. The molecule has 7 aliphatic rings. The summed E-state index contributed by atoms with van der Waals surface area (Å²) in [5, 5.41) is 121. The van der Waals surface area contributed by atoms with Crippen LogP contribution in [0, 0.1) is 50.2 Å². The summed E-state index contributed by atoms with van der Waals surface area (Å²) in [5.41, 5.74) is -3.15. The summed E-state index contributed by atoms with van der Waals surface area (Å²) >= 11 is 0. The van der Waals surface area contributed by atoms with Gasteiger partial charge < -0.3 is 79.9 Å². The van der Waals surface area contributed by atoms with E-state index in [1.165, 1.54) is 12.7 Å². The minimum Gasteiger partial charge on any atom is -0.468 e. The van der Waals surface area contributed by atoms with Crippen molar-refractivity contribution < 1.29 is 84.7 Å². The predicted octanol–water partition coefficient (Wildman–Crippen LogP) is -1.14. The first-order valence-corrected chi connectivity index (χ1v) is 21.7. The Morgan fingerprint density at radius 2 is 1.35 bits per heavy atom. The average molecular weight is 859 g/mol. The summed E-state index contributed by atoms with van der Waals surface area (Å²) in [5.74, 6) is -1.16. The van der Waals surface area contributed by atoms with Gasteiger partial charge in [0, 0.05) is 5.41 Å². The van der Waals surface area contributed by atoms with Crippen LogP contribution in [-0.4, -0.2) is 175 Å². The first kappa shape index (κ1) is 46.6. The summed E-state index contributed by atoms with van der Waals surface area (Å²) in [4.78, 5) is 13.7. The number of ether oxygens (including phenoxy) is 5. The minimum absolute atomic E-state index is 0.0657. The standard InChI is InChI=1S/C43H70O17/c1-38(2)11-12-43(37(55)56-6)21(13-38)20-7-8-25-39(3)14-22(48)34(42(18-46,19-47)26(39)9-10-40(25,4)41(20,5)15-27(43)49)60-36-32(54)33(29(51)24(17-45)58-36)59-35-31(53)30(52)28(50)23(16-44)57-35/h7,21-36,44-54H,8-19H2,1-6H3/t21-,22-,23+,24+,25?,26?,27+,28+,29+,30-,31+,32+,33-,34-,35-,36-,39+,40+,41+,43+/m0/s1. The molecule has 0 radical (unpaired) electrons. The van der Waals surface area contributed by atoms with Crippen molar-refractivity contribution in [3.05, 3.63) is 11.6 Å². The Morgan fingerprint density at radius 1 is 0.733 bits per heavy atom. The van der Waals surface area contributed by atoms with E-state index in [1.54, 1.807) is 0 Å². The number of hydrogen-bond donors (Lipinski definition) is 11. The molecule has 0 aromatic carbocycles. The monoisotopic (exact) mass is 858 g/mol. The molecule has 60 heavy (non-hydrogen) atoms. The largest absolute Gasteiger partial charge is 0.468 e. The Hall–Kier alpha value is -1.39. The lowest BCUT2D eigenvalue weighted by Gasteiger charge is -2.72. The molecule has 2 saturated heterocycles. The molecule has 2 heterocycles. The highest BCUT2D eigenvalue weighted by Gasteiger charge is 2.73. The third-order valence-electron chi connectivity index (χ3n) is 17.6. The Bertz CT molecular complexity index is 1600. The Morgan fingerprint density at radius 3 is 1.95 bits per heavy atom. The maximum absolute atomic E-state index is 13.7. The van der Waals surface area contributed by atoms with E-state index < -0.39 is 139 Å². The lowest BCUT2D eigenvalue weighted by atomic mass is 9.33. The lowest BCUT2D eigenvalue weighted by molar-refractivity contribution is -0.377. The van der Waals surface area contributed by atoms with Crippen LogP contribution >= 0.6 is 0 Å². The second kappa shape index (κ2) is 16.2. The fourth-order valence-electron chi connectivity index (χ4n) is 14.1. The SMILES string of the molecule is COC(=O)[C@]12CCC(C)(C)C[C@H]1C1=CCC3[C@@]4(C)C[C@H](O)[C@H](O[C@@H]5O[C@H](CO)[C@@H](O)[C@H](O[C@@H]6O[C@H](CO)[C@@H](O)[C@H](O)[C@H]6O)[C@H]5O)C(CO)(CO)C4CC[C@@]3(C)[C@]1(C)C[C@H]2O. The number of carbonyl (C=O) groups is 1. The van der Waals surface area contributed by atoms with E-state index in [4.69, 9.17) is 23.7 Å². The van der Waals surface area contributed by atoms with Gasteiger partial charge in [-0.2, -0.15) is 0 Å². The summed E-state index contributed by atoms with van der Waals surface area (Å²) in [6.45, 7) is 8.15. The first-order chi connectivity index (χ1) is 28.1. The molecule has 7 rings (SSSR count). The molecule has 0 spiro atoms. The number of aliphatic hydroxyl groups is 11. The van der Waals surface area contributed by atoms with Gasteiger partial charge >= 0.3 is 5.97 Å². The van der Waals surface area contributed by atoms with Crippen LogP contribution < -0.4 is 0 Å². The smallest absolute Gasteiger partial charge is 0.315 e.